The fraction of sp³-hybridized carbons (Fsp3) is 0.300. The van der Waals surface area contributed by atoms with E-state index in [2.05, 4.69) is 19.6 Å². The fourth-order valence-corrected chi connectivity index (χ4v) is 3.69. The van der Waals surface area contributed by atoms with E-state index in [1.54, 1.807) is 25.1 Å². The van der Waals surface area contributed by atoms with E-state index in [0.29, 0.717) is 42.3 Å². The minimum Gasteiger partial charge on any atom is -0.417 e. The first-order valence-corrected chi connectivity index (χ1v) is 9.56. The Morgan fingerprint density at radius 2 is 2.17 bits per heavy atom. The van der Waals surface area contributed by atoms with Crippen LogP contribution in [0.15, 0.2) is 36.2 Å². The molecular weight excluding hydrogens is 412 g/mol. The Bertz CT molecular complexity index is 1010. The zero-order valence-electron chi connectivity index (χ0n) is 16.3. The van der Waals surface area contributed by atoms with Crippen molar-refractivity contribution < 1.29 is 18.3 Å². The standard InChI is InChI=1S/C20H21F2N5O2S/c1-11(23)6-17(30)14-8-15(19(24)28)26-16-10-27(5-3-13(14)16)9-12-2-4-25-18(7-12)29-20(21)22/h2,4,6-8,20H,3,5,9-10,23H2,1H3,(H2,24,28). The third-order valence-electron chi connectivity index (χ3n) is 4.55. The van der Waals surface area contributed by atoms with Crippen molar-refractivity contribution in [2.45, 2.75) is 33.0 Å². The van der Waals surface area contributed by atoms with E-state index in [4.69, 9.17) is 23.7 Å². The number of carbonyl (C=O) groups excluding carboxylic acids is 1. The number of hydrogen-bond donors (Lipinski definition) is 2. The second-order valence-electron chi connectivity index (χ2n) is 6.94. The number of primary amides is 1. The van der Waals surface area contributed by atoms with Crippen molar-refractivity contribution in [1.82, 2.24) is 14.9 Å². The lowest BCUT2D eigenvalue weighted by Gasteiger charge is -2.29. The third-order valence-corrected chi connectivity index (χ3v) is 4.89. The molecule has 30 heavy (non-hydrogen) atoms. The molecule has 0 atom stereocenters. The number of amides is 1. The summed E-state index contributed by atoms with van der Waals surface area (Å²) in [7, 11) is 0. The number of nitrogens with zero attached hydrogens (tertiary/aromatic N) is 3. The van der Waals surface area contributed by atoms with Crippen molar-refractivity contribution in [3.63, 3.8) is 0 Å². The summed E-state index contributed by atoms with van der Waals surface area (Å²) >= 11 is 5.48. The Kier molecular flexibility index (Phi) is 6.68. The van der Waals surface area contributed by atoms with Gasteiger partial charge in [0.25, 0.3) is 5.91 Å². The summed E-state index contributed by atoms with van der Waals surface area (Å²) in [6, 6.07) is 4.82. The fourth-order valence-electron chi connectivity index (χ4n) is 3.32. The number of pyridine rings is 2. The van der Waals surface area contributed by atoms with Gasteiger partial charge in [-0.1, -0.05) is 12.2 Å². The monoisotopic (exact) mass is 433 g/mol. The molecule has 0 radical (unpaired) electrons. The highest BCUT2D eigenvalue weighted by Crippen LogP contribution is 2.25. The first-order valence-electron chi connectivity index (χ1n) is 9.15. The molecular formula is C20H21F2N5O2S. The molecule has 158 valence electrons. The number of nitrogens with two attached hydrogens (primary N) is 2. The first kappa shape index (κ1) is 21.7. The van der Waals surface area contributed by atoms with Crippen LogP contribution in [0, 0.1) is 0 Å². The van der Waals surface area contributed by atoms with Crippen molar-refractivity contribution in [1.29, 1.82) is 0 Å². The van der Waals surface area contributed by atoms with Gasteiger partial charge in [0.1, 0.15) is 5.69 Å². The highest BCUT2D eigenvalue weighted by atomic mass is 32.1. The lowest BCUT2D eigenvalue weighted by atomic mass is 9.95. The molecule has 0 aromatic carbocycles. The average Bonchev–Trinajstić information content (AvgIpc) is 2.66. The van der Waals surface area contributed by atoms with Crippen LogP contribution in [-0.4, -0.2) is 38.8 Å². The van der Waals surface area contributed by atoms with E-state index in [1.807, 2.05) is 0 Å². The highest BCUT2D eigenvalue weighted by molar-refractivity contribution is 7.81. The average molecular weight is 433 g/mol. The maximum absolute atomic E-state index is 12.4. The van der Waals surface area contributed by atoms with Crippen LogP contribution < -0.4 is 16.2 Å². The Balaban J connectivity index is 1.86. The minimum absolute atomic E-state index is 0.132. The molecule has 0 bridgehead atoms. The zero-order valence-corrected chi connectivity index (χ0v) is 17.1. The molecule has 3 rings (SSSR count). The van der Waals surface area contributed by atoms with Crippen LogP contribution in [0.25, 0.3) is 0 Å². The van der Waals surface area contributed by atoms with E-state index < -0.39 is 12.5 Å². The predicted molar refractivity (Wildman–Crippen MR) is 111 cm³/mol. The molecule has 4 N–H and O–H groups in total. The molecule has 1 amide bonds. The Hall–Kier alpha value is -2.98. The van der Waals surface area contributed by atoms with Gasteiger partial charge in [-0.15, -0.1) is 0 Å². The van der Waals surface area contributed by atoms with Crippen molar-refractivity contribution >= 4 is 23.0 Å². The van der Waals surface area contributed by atoms with Gasteiger partial charge in [0, 0.05) is 42.5 Å². The van der Waals surface area contributed by atoms with E-state index in [0.717, 1.165) is 16.7 Å². The minimum atomic E-state index is -2.93. The number of carbonyl (C=O) groups is 1. The van der Waals surface area contributed by atoms with Crippen LogP contribution in [0.2, 0.25) is 0 Å². The van der Waals surface area contributed by atoms with Crippen LogP contribution in [0.3, 0.4) is 0 Å². The summed E-state index contributed by atoms with van der Waals surface area (Å²) < 4.78 is 29.2. The van der Waals surface area contributed by atoms with E-state index in [9.17, 15) is 13.6 Å². The van der Waals surface area contributed by atoms with Gasteiger partial charge in [-0.3, -0.25) is 9.69 Å². The lowest BCUT2D eigenvalue weighted by molar-refractivity contribution is -0.0529. The number of allylic oxidation sites excluding steroid dienone is 2. The summed E-state index contributed by atoms with van der Waals surface area (Å²) in [4.78, 5) is 22.6. The molecule has 2 aromatic rings. The summed E-state index contributed by atoms with van der Waals surface area (Å²) in [5.74, 6) is -0.777. The van der Waals surface area contributed by atoms with Gasteiger partial charge in [0.15, 0.2) is 0 Å². The predicted octanol–water partition coefficient (Wildman–Crippen LogP) is 2.32. The van der Waals surface area contributed by atoms with Crippen LogP contribution in [0.4, 0.5) is 8.78 Å². The molecule has 0 saturated heterocycles. The number of thiocarbonyl (C=S) groups is 1. The molecule has 1 aliphatic rings. The topological polar surface area (TPSA) is 107 Å². The number of fused-ring (bicyclic) bond motifs is 1. The lowest BCUT2D eigenvalue weighted by Crippen LogP contribution is -2.33. The smallest absolute Gasteiger partial charge is 0.388 e. The maximum atomic E-state index is 12.4. The quantitative estimate of drug-likeness (QED) is 0.392. The van der Waals surface area contributed by atoms with Crippen LogP contribution in [0.1, 0.15) is 39.8 Å². The molecule has 1 aliphatic heterocycles. The van der Waals surface area contributed by atoms with Gasteiger partial charge in [0.2, 0.25) is 5.88 Å². The van der Waals surface area contributed by atoms with E-state index in [1.165, 1.54) is 12.3 Å². The number of hydrogen-bond acceptors (Lipinski definition) is 7. The van der Waals surface area contributed by atoms with Gasteiger partial charge >= 0.3 is 6.61 Å². The molecule has 0 aliphatic carbocycles. The summed E-state index contributed by atoms with van der Waals surface area (Å²) in [6.45, 7) is 0.423. The first-order chi connectivity index (χ1) is 14.2. The molecule has 10 heteroatoms. The van der Waals surface area contributed by atoms with Crippen molar-refractivity contribution in [2.75, 3.05) is 6.54 Å². The van der Waals surface area contributed by atoms with Gasteiger partial charge in [-0.2, -0.15) is 8.78 Å². The van der Waals surface area contributed by atoms with Crippen molar-refractivity contribution in [3.8, 4) is 5.88 Å². The summed E-state index contributed by atoms with van der Waals surface area (Å²) in [5.41, 5.74) is 15.0. The maximum Gasteiger partial charge on any atom is 0.388 e. The summed E-state index contributed by atoms with van der Waals surface area (Å²) in [6.07, 6.45) is 3.75. The van der Waals surface area contributed by atoms with Crippen LogP contribution in [0.5, 0.6) is 5.88 Å². The summed E-state index contributed by atoms with van der Waals surface area (Å²) in [5, 5.41) is 0. The second-order valence-corrected chi connectivity index (χ2v) is 7.38. The second kappa shape index (κ2) is 9.23. The van der Waals surface area contributed by atoms with E-state index in [-0.39, 0.29) is 11.6 Å². The van der Waals surface area contributed by atoms with Crippen molar-refractivity contribution in [2.24, 2.45) is 11.5 Å². The van der Waals surface area contributed by atoms with Gasteiger partial charge in [-0.25, -0.2) is 9.97 Å². The highest BCUT2D eigenvalue weighted by Gasteiger charge is 2.24. The van der Waals surface area contributed by atoms with Crippen LogP contribution >= 0.6 is 12.2 Å². The molecule has 0 spiro atoms. The Labute approximate surface area is 177 Å². The van der Waals surface area contributed by atoms with Gasteiger partial charge < -0.3 is 16.2 Å². The Morgan fingerprint density at radius 1 is 1.40 bits per heavy atom. The van der Waals surface area contributed by atoms with Crippen molar-refractivity contribution in [3.05, 3.63) is 64.2 Å². The molecule has 0 saturated carbocycles. The van der Waals surface area contributed by atoms with Crippen LogP contribution in [-0.2, 0) is 19.5 Å². The number of aromatic nitrogens is 2. The molecule has 0 unspecified atom stereocenters. The third kappa shape index (κ3) is 5.33. The molecule has 0 fully saturated rings. The largest absolute Gasteiger partial charge is 0.417 e. The normalized spacial score (nSPS) is 14.5. The Morgan fingerprint density at radius 3 is 2.83 bits per heavy atom. The SMILES string of the molecule is CC(N)=CC(=S)c1cc(C(N)=O)nc2c1CCN(Cc1ccnc(OC(F)F)c1)C2. The number of halogens is 2. The van der Waals surface area contributed by atoms with Gasteiger partial charge in [-0.05, 0) is 48.2 Å². The molecule has 7 nitrogen and oxygen atoms in total. The molecule has 2 aromatic heterocycles. The zero-order chi connectivity index (χ0) is 21.8. The number of alkyl halides is 2. The van der Waals surface area contributed by atoms with E-state index >= 15 is 0 Å². The molecule has 3 heterocycles. The van der Waals surface area contributed by atoms with Gasteiger partial charge in [0.05, 0.1) is 5.69 Å². The number of ether oxygens (including phenoxy) is 1. The number of rotatable bonds is 7.